The van der Waals surface area contributed by atoms with Crippen LogP contribution in [0.1, 0.15) is 16.2 Å². The molecule has 4 heteroatoms. The van der Waals surface area contributed by atoms with Crippen molar-refractivity contribution >= 4 is 28.9 Å². The van der Waals surface area contributed by atoms with Crippen molar-refractivity contribution in [2.45, 2.75) is 6.92 Å². The van der Waals surface area contributed by atoms with Crippen LogP contribution in [0.4, 0.5) is 0 Å². The molecule has 0 N–H and O–H groups in total. The Balaban J connectivity index is 3.16. The Morgan fingerprint density at radius 1 is 1.70 bits per heavy atom. The largest absolute Gasteiger partial charge is 0.296 e. The van der Waals surface area contributed by atoms with Crippen LogP contribution in [0.5, 0.6) is 0 Å². The summed E-state index contributed by atoms with van der Waals surface area (Å²) in [6.07, 6.45) is 2.15. The van der Waals surface area contributed by atoms with Gasteiger partial charge in [0.2, 0.25) is 0 Å². The summed E-state index contributed by atoms with van der Waals surface area (Å²) in [5, 5.41) is 0. The lowest BCUT2D eigenvalue weighted by Gasteiger charge is -1.94. The van der Waals surface area contributed by atoms with Crippen LogP contribution in [-0.2, 0) is 0 Å². The molecule has 1 heterocycles. The summed E-state index contributed by atoms with van der Waals surface area (Å²) in [6.45, 7) is 1.82. The number of aldehydes is 1. The van der Waals surface area contributed by atoms with Gasteiger partial charge in [0.15, 0.2) is 6.29 Å². The van der Waals surface area contributed by atoms with Gasteiger partial charge < -0.3 is 0 Å². The van der Waals surface area contributed by atoms with Crippen LogP contribution in [0, 0.1) is 10.6 Å². The van der Waals surface area contributed by atoms with Crippen molar-refractivity contribution in [2.75, 3.05) is 0 Å². The Labute approximate surface area is 72.0 Å². The number of nitrogens with zero attached hydrogens (tertiary/aromatic N) is 2. The van der Waals surface area contributed by atoms with Crippen LogP contribution in [0.15, 0.2) is 6.20 Å². The minimum absolute atomic E-state index is 0.387. The van der Waals surface area contributed by atoms with Crippen LogP contribution >= 0.6 is 22.6 Å². The Kier molecular flexibility index (Phi) is 2.31. The third-order valence-corrected chi connectivity index (χ3v) is 2.09. The third-order valence-electron chi connectivity index (χ3n) is 1.03. The summed E-state index contributed by atoms with van der Waals surface area (Å²) in [5.74, 6) is 0. The van der Waals surface area contributed by atoms with Gasteiger partial charge in [-0.3, -0.25) is 4.79 Å². The molecular weight excluding hydrogens is 243 g/mol. The minimum Gasteiger partial charge on any atom is -0.296 e. The fourth-order valence-corrected chi connectivity index (χ4v) is 0.802. The van der Waals surface area contributed by atoms with Gasteiger partial charge in [-0.25, -0.2) is 9.97 Å². The van der Waals surface area contributed by atoms with Gasteiger partial charge in [0, 0.05) is 0 Å². The van der Waals surface area contributed by atoms with Crippen molar-refractivity contribution in [3.63, 3.8) is 0 Å². The maximum absolute atomic E-state index is 10.2. The van der Waals surface area contributed by atoms with Gasteiger partial charge in [-0.2, -0.15) is 0 Å². The number of halogens is 1. The average molecular weight is 248 g/mol. The van der Waals surface area contributed by atoms with Crippen molar-refractivity contribution in [2.24, 2.45) is 0 Å². The molecule has 3 nitrogen and oxygen atoms in total. The average Bonchev–Trinajstić information content (AvgIpc) is 1.95. The quantitative estimate of drug-likeness (QED) is 0.554. The molecular formula is C6H5IN2O. The molecule has 0 aliphatic rings. The van der Waals surface area contributed by atoms with Crippen LogP contribution < -0.4 is 0 Å². The summed E-state index contributed by atoms with van der Waals surface area (Å²) >= 11 is 2.07. The van der Waals surface area contributed by atoms with E-state index in [4.69, 9.17) is 0 Å². The van der Waals surface area contributed by atoms with Crippen molar-refractivity contribution in [3.05, 3.63) is 21.3 Å². The van der Waals surface area contributed by atoms with E-state index in [1.54, 1.807) is 0 Å². The molecule has 1 aromatic rings. The predicted octanol–water partition coefficient (Wildman–Crippen LogP) is 1.20. The molecule has 0 unspecified atom stereocenters. The molecule has 0 atom stereocenters. The lowest BCUT2D eigenvalue weighted by Crippen LogP contribution is -1.95. The molecule has 0 spiro atoms. The molecule has 1 rings (SSSR count). The van der Waals surface area contributed by atoms with Crippen LogP contribution in [0.2, 0.25) is 0 Å². The SMILES string of the molecule is Cc1nc(C=O)cnc1I. The zero-order chi connectivity index (χ0) is 7.56. The summed E-state index contributed by atoms with van der Waals surface area (Å²) in [6, 6.07) is 0. The topological polar surface area (TPSA) is 42.9 Å². The molecule has 0 fully saturated rings. The fourth-order valence-electron chi connectivity index (χ4n) is 0.542. The van der Waals surface area contributed by atoms with Gasteiger partial charge in [-0.1, -0.05) is 0 Å². The first-order valence-electron chi connectivity index (χ1n) is 2.68. The second-order valence-corrected chi connectivity index (χ2v) is 2.81. The third kappa shape index (κ3) is 1.50. The second kappa shape index (κ2) is 3.05. The van der Waals surface area contributed by atoms with Crippen LogP contribution in [-0.4, -0.2) is 16.3 Å². The van der Waals surface area contributed by atoms with Crippen LogP contribution in [0.25, 0.3) is 0 Å². The van der Waals surface area contributed by atoms with Crippen molar-refractivity contribution in [1.82, 2.24) is 9.97 Å². The maximum atomic E-state index is 10.2. The highest BCUT2D eigenvalue weighted by molar-refractivity contribution is 14.1. The van der Waals surface area contributed by atoms with E-state index in [1.807, 2.05) is 6.92 Å². The Bertz CT molecular complexity index is 262. The van der Waals surface area contributed by atoms with E-state index in [0.29, 0.717) is 12.0 Å². The van der Waals surface area contributed by atoms with E-state index in [9.17, 15) is 4.79 Å². The molecule has 0 saturated carbocycles. The van der Waals surface area contributed by atoms with Gasteiger partial charge in [-0.15, -0.1) is 0 Å². The normalized spacial score (nSPS) is 9.40. The minimum atomic E-state index is 0.387. The first-order chi connectivity index (χ1) is 4.74. The van der Waals surface area contributed by atoms with Gasteiger partial charge in [0.25, 0.3) is 0 Å². The van der Waals surface area contributed by atoms with Crippen LogP contribution in [0.3, 0.4) is 0 Å². The fraction of sp³-hybridized carbons (Fsp3) is 0.167. The molecule has 0 aliphatic heterocycles. The standard InChI is InChI=1S/C6H5IN2O/c1-4-6(7)8-2-5(3-10)9-4/h2-3H,1H3. The smallest absolute Gasteiger partial charge is 0.170 e. The highest BCUT2D eigenvalue weighted by Gasteiger charge is 1.97. The molecule has 0 aromatic carbocycles. The summed E-state index contributed by atoms with van der Waals surface area (Å²) < 4.78 is 0.836. The number of carbonyl (C=O) groups excluding carboxylic acids is 1. The molecule has 0 aliphatic carbocycles. The highest BCUT2D eigenvalue weighted by Crippen LogP contribution is 2.03. The molecule has 0 bridgehead atoms. The number of rotatable bonds is 1. The van der Waals surface area contributed by atoms with Crippen molar-refractivity contribution < 1.29 is 4.79 Å². The molecule has 0 radical (unpaired) electrons. The summed E-state index contributed by atoms with van der Waals surface area (Å²) in [4.78, 5) is 18.1. The van der Waals surface area contributed by atoms with Gasteiger partial charge in [0.1, 0.15) is 9.39 Å². The molecule has 0 saturated heterocycles. The monoisotopic (exact) mass is 248 g/mol. The van der Waals surface area contributed by atoms with Gasteiger partial charge >= 0.3 is 0 Å². The van der Waals surface area contributed by atoms with E-state index in [2.05, 4.69) is 32.6 Å². The van der Waals surface area contributed by atoms with E-state index < -0.39 is 0 Å². The number of hydrogen-bond donors (Lipinski definition) is 0. The van der Waals surface area contributed by atoms with Crippen molar-refractivity contribution in [3.8, 4) is 0 Å². The number of aryl methyl sites for hydroxylation is 1. The Hall–Kier alpha value is -0.520. The molecule has 52 valence electrons. The van der Waals surface area contributed by atoms with E-state index in [1.165, 1.54) is 6.20 Å². The Morgan fingerprint density at radius 3 is 2.90 bits per heavy atom. The van der Waals surface area contributed by atoms with Gasteiger partial charge in [-0.05, 0) is 29.5 Å². The number of carbonyl (C=O) groups is 1. The lowest BCUT2D eigenvalue weighted by molar-refractivity contribution is 0.111. The number of aromatic nitrogens is 2. The van der Waals surface area contributed by atoms with E-state index in [-0.39, 0.29) is 0 Å². The summed E-state index contributed by atoms with van der Waals surface area (Å²) in [5.41, 5.74) is 1.18. The van der Waals surface area contributed by atoms with E-state index >= 15 is 0 Å². The maximum Gasteiger partial charge on any atom is 0.170 e. The molecule has 0 amide bonds. The zero-order valence-corrected chi connectivity index (χ0v) is 7.49. The molecule has 10 heavy (non-hydrogen) atoms. The van der Waals surface area contributed by atoms with E-state index in [0.717, 1.165) is 9.39 Å². The van der Waals surface area contributed by atoms with Crippen molar-refractivity contribution in [1.29, 1.82) is 0 Å². The predicted molar refractivity (Wildman–Crippen MR) is 44.9 cm³/mol. The Morgan fingerprint density at radius 2 is 2.40 bits per heavy atom. The highest BCUT2D eigenvalue weighted by atomic mass is 127. The zero-order valence-electron chi connectivity index (χ0n) is 5.34. The first kappa shape index (κ1) is 7.59. The lowest BCUT2D eigenvalue weighted by atomic mass is 10.4. The summed E-state index contributed by atoms with van der Waals surface area (Å²) in [7, 11) is 0. The van der Waals surface area contributed by atoms with Gasteiger partial charge in [0.05, 0.1) is 11.9 Å². The molecule has 1 aromatic heterocycles. The first-order valence-corrected chi connectivity index (χ1v) is 3.76. The second-order valence-electron chi connectivity index (χ2n) is 1.79. The number of hydrogen-bond acceptors (Lipinski definition) is 3.